The number of likely N-dealkylation sites (tertiary alicyclic amines) is 1. The summed E-state index contributed by atoms with van der Waals surface area (Å²) in [5, 5.41) is 2.95. The van der Waals surface area contributed by atoms with Gasteiger partial charge in [-0.05, 0) is 68.2 Å². The van der Waals surface area contributed by atoms with Crippen molar-refractivity contribution >= 4 is 5.91 Å². The molecule has 0 spiro atoms. The third kappa shape index (κ3) is 5.79. The van der Waals surface area contributed by atoms with E-state index in [0.717, 1.165) is 32.5 Å². The number of carbonyl (C=O) groups is 1. The molecule has 1 aliphatic heterocycles. The number of halogens is 1. The van der Waals surface area contributed by atoms with Gasteiger partial charge in [0, 0.05) is 12.5 Å². The van der Waals surface area contributed by atoms with Crippen LogP contribution in [0.3, 0.4) is 0 Å². The molecule has 1 amide bonds. The molecular weight excluding hydrogens is 343 g/mol. The Labute approximate surface area is 160 Å². The summed E-state index contributed by atoms with van der Waals surface area (Å²) in [4.78, 5) is 14.8. The van der Waals surface area contributed by atoms with Crippen LogP contribution in [0.5, 0.6) is 5.75 Å². The van der Waals surface area contributed by atoms with Gasteiger partial charge in [0.1, 0.15) is 18.2 Å². The summed E-state index contributed by atoms with van der Waals surface area (Å²) in [6.45, 7) is 5.82. The van der Waals surface area contributed by atoms with Crippen molar-refractivity contribution in [2.24, 2.45) is 5.92 Å². The molecule has 1 aliphatic rings. The minimum absolute atomic E-state index is 0.0731. The predicted octanol–water partition coefficient (Wildman–Crippen LogP) is 3.54. The van der Waals surface area contributed by atoms with Gasteiger partial charge >= 0.3 is 0 Å². The Hall–Kier alpha value is -2.40. The highest BCUT2D eigenvalue weighted by atomic mass is 19.1. The second-order valence-corrected chi connectivity index (χ2v) is 7.07. The minimum Gasteiger partial charge on any atom is -0.492 e. The molecule has 2 aromatic carbocycles. The van der Waals surface area contributed by atoms with Gasteiger partial charge in [0.05, 0.1) is 6.54 Å². The van der Waals surface area contributed by atoms with Crippen molar-refractivity contribution in [2.75, 3.05) is 26.2 Å². The maximum Gasteiger partial charge on any atom is 0.223 e. The van der Waals surface area contributed by atoms with Gasteiger partial charge in [-0.15, -0.1) is 0 Å². The second kappa shape index (κ2) is 9.51. The number of aryl methyl sites for hydroxylation is 1. The Balaban J connectivity index is 1.34. The first kappa shape index (κ1) is 19.4. The van der Waals surface area contributed by atoms with Crippen LogP contribution in [0.4, 0.5) is 4.39 Å². The smallest absolute Gasteiger partial charge is 0.223 e. The molecule has 1 fully saturated rings. The molecule has 1 saturated heterocycles. The van der Waals surface area contributed by atoms with E-state index in [9.17, 15) is 9.18 Å². The average molecular weight is 370 g/mol. The highest BCUT2D eigenvalue weighted by molar-refractivity contribution is 5.78. The normalized spacial score (nSPS) is 15.5. The van der Waals surface area contributed by atoms with Crippen LogP contribution in [0.15, 0.2) is 48.5 Å². The fraction of sp³-hybridized carbons (Fsp3) is 0.409. The lowest BCUT2D eigenvalue weighted by atomic mass is 9.95. The molecule has 3 rings (SSSR count). The number of hydrogen-bond acceptors (Lipinski definition) is 3. The van der Waals surface area contributed by atoms with Gasteiger partial charge in [-0.25, -0.2) is 4.39 Å². The highest BCUT2D eigenvalue weighted by Gasteiger charge is 2.24. The quantitative estimate of drug-likeness (QED) is 0.758. The van der Waals surface area contributed by atoms with Gasteiger partial charge in [0.25, 0.3) is 0 Å². The summed E-state index contributed by atoms with van der Waals surface area (Å²) in [6.07, 6.45) is 1.77. The zero-order valence-corrected chi connectivity index (χ0v) is 15.8. The van der Waals surface area contributed by atoms with Crippen LogP contribution >= 0.6 is 0 Å². The topological polar surface area (TPSA) is 41.6 Å². The van der Waals surface area contributed by atoms with E-state index in [4.69, 9.17) is 4.74 Å². The zero-order chi connectivity index (χ0) is 19.1. The molecule has 144 valence electrons. The molecule has 5 heteroatoms. The largest absolute Gasteiger partial charge is 0.492 e. The van der Waals surface area contributed by atoms with Crippen LogP contribution in [0.1, 0.15) is 24.0 Å². The number of piperidine rings is 1. The molecule has 0 bridgehead atoms. The molecule has 0 saturated carbocycles. The Bertz CT molecular complexity index is 740. The van der Waals surface area contributed by atoms with Crippen molar-refractivity contribution in [2.45, 2.75) is 26.3 Å². The maximum absolute atomic E-state index is 12.8. The summed E-state index contributed by atoms with van der Waals surface area (Å²) in [5.41, 5.74) is 2.68. The van der Waals surface area contributed by atoms with Crippen molar-refractivity contribution in [3.8, 4) is 5.75 Å². The highest BCUT2D eigenvalue weighted by Crippen LogP contribution is 2.20. The lowest BCUT2D eigenvalue weighted by Gasteiger charge is -2.31. The lowest BCUT2D eigenvalue weighted by Crippen LogP contribution is -2.41. The summed E-state index contributed by atoms with van der Waals surface area (Å²) in [7, 11) is 0. The molecule has 1 N–H and O–H groups in total. The van der Waals surface area contributed by atoms with Crippen LogP contribution in [0.25, 0.3) is 0 Å². The molecule has 0 atom stereocenters. The van der Waals surface area contributed by atoms with Crippen molar-refractivity contribution in [3.63, 3.8) is 0 Å². The third-order valence-electron chi connectivity index (χ3n) is 5.10. The summed E-state index contributed by atoms with van der Waals surface area (Å²) in [6, 6.07) is 14.4. The van der Waals surface area contributed by atoms with Gasteiger partial charge in [-0.3, -0.25) is 9.69 Å². The number of ether oxygens (including phenoxy) is 1. The maximum atomic E-state index is 12.8. The van der Waals surface area contributed by atoms with Gasteiger partial charge in [-0.1, -0.05) is 24.3 Å². The van der Waals surface area contributed by atoms with Crippen LogP contribution in [-0.4, -0.2) is 37.0 Å². The van der Waals surface area contributed by atoms with E-state index >= 15 is 0 Å². The van der Waals surface area contributed by atoms with Crippen molar-refractivity contribution in [1.82, 2.24) is 10.2 Å². The molecule has 4 nitrogen and oxygen atoms in total. The molecule has 1 heterocycles. The second-order valence-electron chi connectivity index (χ2n) is 7.07. The Morgan fingerprint density at radius 1 is 1.15 bits per heavy atom. The molecule has 0 aromatic heterocycles. The van der Waals surface area contributed by atoms with E-state index in [1.165, 1.54) is 23.3 Å². The predicted molar refractivity (Wildman–Crippen MR) is 104 cm³/mol. The first-order chi connectivity index (χ1) is 13.1. The van der Waals surface area contributed by atoms with E-state index in [1.54, 1.807) is 12.1 Å². The van der Waals surface area contributed by atoms with Gasteiger partial charge in [0.15, 0.2) is 0 Å². The van der Waals surface area contributed by atoms with E-state index in [2.05, 4.69) is 41.4 Å². The average Bonchev–Trinajstić information content (AvgIpc) is 2.69. The number of benzene rings is 2. The first-order valence-electron chi connectivity index (χ1n) is 9.55. The van der Waals surface area contributed by atoms with Crippen molar-refractivity contribution in [3.05, 3.63) is 65.5 Å². The van der Waals surface area contributed by atoms with Crippen LogP contribution in [0, 0.1) is 18.7 Å². The lowest BCUT2D eigenvalue weighted by molar-refractivity contribution is -0.126. The Morgan fingerprint density at radius 3 is 2.56 bits per heavy atom. The molecule has 2 aromatic rings. The van der Waals surface area contributed by atoms with Gasteiger partial charge in [-0.2, -0.15) is 0 Å². The summed E-state index contributed by atoms with van der Waals surface area (Å²) >= 11 is 0. The van der Waals surface area contributed by atoms with E-state index in [1.807, 2.05) is 0 Å². The van der Waals surface area contributed by atoms with E-state index in [0.29, 0.717) is 18.9 Å². The molecule has 0 radical (unpaired) electrons. The number of rotatable bonds is 7. The van der Waals surface area contributed by atoms with Crippen molar-refractivity contribution < 1.29 is 13.9 Å². The fourth-order valence-electron chi connectivity index (χ4n) is 3.40. The molecule has 0 aliphatic carbocycles. The monoisotopic (exact) mass is 370 g/mol. The molecule has 0 unspecified atom stereocenters. The summed E-state index contributed by atoms with van der Waals surface area (Å²) < 4.78 is 18.3. The third-order valence-corrected chi connectivity index (χ3v) is 5.10. The van der Waals surface area contributed by atoms with Crippen molar-refractivity contribution in [1.29, 1.82) is 0 Å². The van der Waals surface area contributed by atoms with E-state index < -0.39 is 0 Å². The fourth-order valence-corrected chi connectivity index (χ4v) is 3.40. The number of nitrogens with zero attached hydrogens (tertiary/aromatic N) is 1. The number of hydrogen-bond donors (Lipinski definition) is 1. The standard InChI is InChI=1S/C22H27FN2O2/c1-17-4-2-3-5-19(17)16-25-13-10-18(11-14-25)22(26)24-12-15-27-21-8-6-20(23)7-9-21/h2-9,18H,10-16H2,1H3,(H,24,26). The SMILES string of the molecule is Cc1ccccc1CN1CCC(C(=O)NCCOc2ccc(F)cc2)CC1. The van der Waals surface area contributed by atoms with Crippen LogP contribution < -0.4 is 10.1 Å². The Kier molecular flexibility index (Phi) is 6.82. The summed E-state index contributed by atoms with van der Waals surface area (Å²) in [5.74, 6) is 0.497. The number of amides is 1. The van der Waals surface area contributed by atoms with Crippen LogP contribution in [-0.2, 0) is 11.3 Å². The van der Waals surface area contributed by atoms with Gasteiger partial charge < -0.3 is 10.1 Å². The van der Waals surface area contributed by atoms with Crippen LogP contribution in [0.2, 0.25) is 0 Å². The first-order valence-corrected chi connectivity index (χ1v) is 9.55. The minimum atomic E-state index is -0.288. The zero-order valence-electron chi connectivity index (χ0n) is 15.8. The molecule has 27 heavy (non-hydrogen) atoms. The van der Waals surface area contributed by atoms with Gasteiger partial charge in [0.2, 0.25) is 5.91 Å². The Morgan fingerprint density at radius 2 is 1.85 bits per heavy atom. The molecular formula is C22H27FN2O2. The van der Waals surface area contributed by atoms with E-state index in [-0.39, 0.29) is 17.6 Å². The number of carbonyl (C=O) groups excluding carboxylic acids is 1. The number of nitrogens with one attached hydrogen (secondary N) is 1.